The number of esters is 1. The summed E-state index contributed by atoms with van der Waals surface area (Å²) in [4.78, 5) is 22.4. The van der Waals surface area contributed by atoms with E-state index in [4.69, 9.17) is 9.84 Å². The Morgan fingerprint density at radius 3 is 2.61 bits per heavy atom. The van der Waals surface area contributed by atoms with Crippen LogP contribution in [0.5, 0.6) is 5.88 Å². The highest BCUT2D eigenvalue weighted by molar-refractivity contribution is 5.98. The molecule has 0 spiro atoms. The number of carbonyl (C=O) groups is 2. The smallest absolute Gasteiger partial charge is 0.432 e. The fourth-order valence-corrected chi connectivity index (χ4v) is 1.63. The molecule has 0 saturated carbocycles. The second kappa shape index (κ2) is 4.36. The Labute approximate surface area is 102 Å². The van der Waals surface area contributed by atoms with Crippen molar-refractivity contribution in [3.63, 3.8) is 0 Å². The molecule has 0 aliphatic heterocycles. The van der Waals surface area contributed by atoms with Crippen molar-refractivity contribution in [2.45, 2.75) is 0 Å². The summed E-state index contributed by atoms with van der Waals surface area (Å²) in [6.07, 6.45) is -1.26. The lowest BCUT2D eigenvalue weighted by Crippen LogP contribution is -2.10. The molecule has 0 fully saturated rings. The summed E-state index contributed by atoms with van der Waals surface area (Å²) >= 11 is 0. The van der Waals surface area contributed by atoms with Gasteiger partial charge in [-0.15, -0.1) is 5.10 Å². The quantitative estimate of drug-likeness (QED) is 0.809. The van der Waals surface area contributed by atoms with Crippen molar-refractivity contribution in [2.75, 3.05) is 14.2 Å². The third-order valence-corrected chi connectivity index (χ3v) is 2.44. The van der Waals surface area contributed by atoms with Gasteiger partial charge in [-0.1, -0.05) is 0 Å². The van der Waals surface area contributed by atoms with Crippen LogP contribution in [0, 0.1) is 0 Å². The van der Waals surface area contributed by atoms with Crippen molar-refractivity contribution in [1.82, 2.24) is 9.78 Å². The molecular formula is C11H10N2O5. The lowest BCUT2D eigenvalue weighted by molar-refractivity contribution is 0.0600. The summed E-state index contributed by atoms with van der Waals surface area (Å²) in [5.74, 6) is -0.363. The summed E-state index contributed by atoms with van der Waals surface area (Å²) in [5.41, 5.74) is 0.511. The SMILES string of the molecule is COC(=O)c1ccc2c(OC)nn(C(=O)O)c2c1. The van der Waals surface area contributed by atoms with Crippen LogP contribution in [0.15, 0.2) is 18.2 Å². The summed E-state index contributed by atoms with van der Waals surface area (Å²) in [6.45, 7) is 0. The molecule has 2 rings (SSSR count). The summed E-state index contributed by atoms with van der Waals surface area (Å²) < 4.78 is 10.3. The van der Waals surface area contributed by atoms with Gasteiger partial charge in [0, 0.05) is 0 Å². The second-order valence-corrected chi connectivity index (χ2v) is 3.43. The average molecular weight is 250 g/mol. The number of ether oxygens (including phenoxy) is 2. The predicted molar refractivity (Wildman–Crippen MR) is 61.0 cm³/mol. The van der Waals surface area contributed by atoms with E-state index < -0.39 is 12.1 Å². The van der Waals surface area contributed by atoms with Crippen molar-refractivity contribution in [3.8, 4) is 5.88 Å². The number of methoxy groups -OCH3 is 2. The van der Waals surface area contributed by atoms with Crippen LogP contribution in [0.3, 0.4) is 0 Å². The first-order valence-electron chi connectivity index (χ1n) is 4.97. The highest BCUT2D eigenvalue weighted by Crippen LogP contribution is 2.25. The van der Waals surface area contributed by atoms with E-state index in [1.807, 2.05) is 0 Å². The van der Waals surface area contributed by atoms with E-state index >= 15 is 0 Å². The maximum absolute atomic E-state index is 11.4. The Kier molecular flexibility index (Phi) is 2.88. The molecule has 94 valence electrons. The van der Waals surface area contributed by atoms with Gasteiger partial charge >= 0.3 is 12.1 Å². The first-order chi connectivity index (χ1) is 8.58. The standard InChI is InChI=1S/C11H10N2O5/c1-17-9-7-4-3-6(10(14)18-2)5-8(7)13(12-9)11(15)16/h3-5H,1-2H3,(H,15,16). The first-order valence-corrected chi connectivity index (χ1v) is 4.97. The number of rotatable bonds is 2. The molecule has 18 heavy (non-hydrogen) atoms. The number of carboxylic acid groups (broad SMARTS) is 1. The molecule has 0 saturated heterocycles. The van der Waals surface area contributed by atoms with E-state index in [2.05, 4.69) is 9.84 Å². The summed E-state index contributed by atoms with van der Waals surface area (Å²) in [5, 5.41) is 13.3. The molecule has 1 heterocycles. The molecular weight excluding hydrogens is 240 g/mol. The van der Waals surface area contributed by atoms with E-state index in [-0.39, 0.29) is 17.0 Å². The van der Waals surface area contributed by atoms with Gasteiger partial charge in [0.25, 0.3) is 0 Å². The molecule has 0 bridgehead atoms. The van der Waals surface area contributed by atoms with E-state index in [9.17, 15) is 9.59 Å². The fourth-order valence-electron chi connectivity index (χ4n) is 1.63. The second-order valence-electron chi connectivity index (χ2n) is 3.43. The van der Waals surface area contributed by atoms with Crippen molar-refractivity contribution in [1.29, 1.82) is 0 Å². The van der Waals surface area contributed by atoms with Gasteiger partial charge in [0.15, 0.2) is 0 Å². The number of hydrogen-bond donors (Lipinski definition) is 1. The number of hydrogen-bond acceptors (Lipinski definition) is 5. The van der Waals surface area contributed by atoms with E-state index in [0.717, 1.165) is 4.68 Å². The van der Waals surface area contributed by atoms with Crippen LogP contribution in [0.2, 0.25) is 0 Å². The van der Waals surface area contributed by atoms with Crippen molar-refractivity contribution >= 4 is 23.0 Å². The Bertz CT molecular complexity index is 632. The number of fused-ring (bicyclic) bond motifs is 1. The zero-order valence-corrected chi connectivity index (χ0v) is 9.71. The van der Waals surface area contributed by atoms with E-state index in [1.54, 1.807) is 6.07 Å². The van der Waals surface area contributed by atoms with Crippen LogP contribution in [0.4, 0.5) is 4.79 Å². The summed E-state index contributed by atoms with van der Waals surface area (Å²) in [7, 11) is 2.64. The van der Waals surface area contributed by atoms with Crippen molar-refractivity contribution in [3.05, 3.63) is 23.8 Å². The fraction of sp³-hybridized carbons (Fsp3) is 0.182. The van der Waals surface area contributed by atoms with Gasteiger partial charge in [-0.2, -0.15) is 4.68 Å². The van der Waals surface area contributed by atoms with Gasteiger partial charge in [-0.3, -0.25) is 0 Å². The van der Waals surface area contributed by atoms with Crippen LogP contribution in [0.1, 0.15) is 10.4 Å². The maximum Gasteiger partial charge on any atom is 0.432 e. The van der Waals surface area contributed by atoms with Crippen molar-refractivity contribution < 1.29 is 24.2 Å². The lowest BCUT2D eigenvalue weighted by atomic mass is 10.1. The van der Waals surface area contributed by atoms with Crippen LogP contribution >= 0.6 is 0 Å². The van der Waals surface area contributed by atoms with Crippen LogP contribution in [-0.2, 0) is 4.74 Å². The van der Waals surface area contributed by atoms with Gasteiger partial charge < -0.3 is 14.6 Å². The first kappa shape index (κ1) is 11.9. The molecule has 1 N–H and O–H groups in total. The van der Waals surface area contributed by atoms with Gasteiger partial charge in [0.1, 0.15) is 0 Å². The predicted octanol–water partition coefficient (Wildman–Crippen LogP) is 1.36. The highest BCUT2D eigenvalue weighted by Gasteiger charge is 2.17. The minimum absolute atomic E-state index is 0.184. The van der Waals surface area contributed by atoms with Crippen molar-refractivity contribution in [2.24, 2.45) is 0 Å². The third kappa shape index (κ3) is 1.75. The maximum atomic E-state index is 11.4. The molecule has 1 aromatic carbocycles. The van der Waals surface area contributed by atoms with Gasteiger partial charge in [0.2, 0.25) is 5.88 Å². The third-order valence-electron chi connectivity index (χ3n) is 2.44. The molecule has 7 nitrogen and oxygen atoms in total. The Hall–Kier alpha value is -2.57. The zero-order chi connectivity index (χ0) is 13.3. The van der Waals surface area contributed by atoms with Gasteiger partial charge in [0.05, 0.1) is 30.7 Å². The number of nitrogens with zero attached hydrogens (tertiary/aromatic N) is 2. The number of benzene rings is 1. The molecule has 2 aromatic rings. The number of aromatic nitrogens is 2. The number of carbonyl (C=O) groups excluding carboxylic acids is 1. The minimum atomic E-state index is -1.26. The van der Waals surface area contributed by atoms with Crippen LogP contribution in [0.25, 0.3) is 10.9 Å². The Balaban J connectivity index is 2.70. The van der Waals surface area contributed by atoms with E-state index in [0.29, 0.717) is 5.39 Å². The molecule has 1 aromatic heterocycles. The molecule has 7 heteroatoms. The molecule has 0 radical (unpaired) electrons. The normalized spacial score (nSPS) is 10.3. The lowest BCUT2D eigenvalue weighted by Gasteiger charge is -2.00. The van der Waals surface area contributed by atoms with Crippen LogP contribution < -0.4 is 4.74 Å². The highest BCUT2D eigenvalue weighted by atomic mass is 16.5. The van der Waals surface area contributed by atoms with E-state index in [1.165, 1.54) is 26.4 Å². The molecule has 0 aliphatic carbocycles. The topological polar surface area (TPSA) is 90.7 Å². The average Bonchev–Trinajstić information content (AvgIpc) is 2.75. The molecule has 0 amide bonds. The molecule has 0 atom stereocenters. The Morgan fingerprint density at radius 2 is 2.06 bits per heavy atom. The van der Waals surface area contributed by atoms with Gasteiger partial charge in [-0.25, -0.2) is 9.59 Å². The monoisotopic (exact) mass is 250 g/mol. The molecule has 0 aliphatic rings. The molecule has 0 unspecified atom stereocenters. The van der Waals surface area contributed by atoms with Crippen LogP contribution in [-0.4, -0.2) is 41.2 Å². The Morgan fingerprint density at radius 1 is 1.33 bits per heavy atom. The van der Waals surface area contributed by atoms with Gasteiger partial charge in [-0.05, 0) is 18.2 Å². The summed E-state index contributed by atoms with van der Waals surface area (Å²) in [6, 6.07) is 4.47. The largest absolute Gasteiger partial charge is 0.479 e. The minimum Gasteiger partial charge on any atom is -0.479 e. The zero-order valence-electron chi connectivity index (χ0n) is 9.71.